The van der Waals surface area contributed by atoms with Gasteiger partial charge in [-0.2, -0.15) is 0 Å². The monoisotopic (exact) mass is 250 g/mol. The van der Waals surface area contributed by atoms with Crippen molar-refractivity contribution in [2.24, 2.45) is 0 Å². The maximum absolute atomic E-state index is 5.36. The summed E-state index contributed by atoms with van der Waals surface area (Å²) in [6.07, 6.45) is 6.16. The molecule has 1 aromatic carbocycles. The minimum absolute atomic E-state index is 0.756. The molecule has 0 spiro atoms. The van der Waals surface area contributed by atoms with Crippen molar-refractivity contribution in [3.63, 3.8) is 0 Å². The van der Waals surface area contributed by atoms with Gasteiger partial charge < -0.3 is 13.3 Å². The highest BCUT2D eigenvalue weighted by atomic mass is 28.4. The lowest BCUT2D eigenvalue weighted by Crippen LogP contribution is -2.43. The van der Waals surface area contributed by atoms with Crippen molar-refractivity contribution < 1.29 is 13.3 Å². The Hall–Kier alpha value is -1.12. The molecule has 0 saturated heterocycles. The zero-order valence-corrected chi connectivity index (χ0v) is 11.5. The highest BCUT2D eigenvalue weighted by molar-refractivity contribution is 6.60. The SMILES string of the molecule is C#Cc1ccc(CC[Si](OC)(OC)OC)cc1. The van der Waals surface area contributed by atoms with E-state index >= 15 is 0 Å². The number of rotatable bonds is 6. The molecule has 1 aromatic rings. The van der Waals surface area contributed by atoms with Gasteiger partial charge in [-0.3, -0.25) is 0 Å². The van der Waals surface area contributed by atoms with Gasteiger partial charge in [-0.05, 0) is 24.1 Å². The van der Waals surface area contributed by atoms with Crippen LogP contribution in [0.25, 0.3) is 0 Å². The lowest BCUT2D eigenvalue weighted by molar-refractivity contribution is 0.123. The fourth-order valence-corrected chi connectivity index (χ4v) is 3.33. The quantitative estimate of drug-likeness (QED) is 0.571. The second kappa shape index (κ2) is 6.57. The van der Waals surface area contributed by atoms with E-state index in [4.69, 9.17) is 19.7 Å². The van der Waals surface area contributed by atoms with Gasteiger partial charge in [0.05, 0.1) is 0 Å². The second-order valence-corrected chi connectivity index (χ2v) is 6.73. The third kappa shape index (κ3) is 3.68. The topological polar surface area (TPSA) is 27.7 Å². The molecule has 4 heteroatoms. The first-order valence-corrected chi connectivity index (χ1v) is 7.34. The molecule has 0 aliphatic carbocycles. The number of terminal acetylenes is 1. The molecule has 0 N–H and O–H groups in total. The molecule has 0 saturated carbocycles. The van der Waals surface area contributed by atoms with Crippen molar-refractivity contribution in [1.82, 2.24) is 0 Å². The van der Waals surface area contributed by atoms with Crippen molar-refractivity contribution >= 4 is 8.80 Å². The number of hydrogen-bond acceptors (Lipinski definition) is 3. The van der Waals surface area contributed by atoms with E-state index in [0.717, 1.165) is 18.0 Å². The van der Waals surface area contributed by atoms with Crippen LogP contribution in [0.2, 0.25) is 6.04 Å². The Balaban J connectivity index is 2.63. The predicted molar refractivity (Wildman–Crippen MR) is 69.7 cm³/mol. The molecule has 17 heavy (non-hydrogen) atoms. The van der Waals surface area contributed by atoms with Crippen molar-refractivity contribution in [1.29, 1.82) is 0 Å². The molecule has 1 rings (SSSR count). The second-order valence-electron chi connectivity index (χ2n) is 3.64. The van der Waals surface area contributed by atoms with E-state index in [1.807, 2.05) is 24.3 Å². The van der Waals surface area contributed by atoms with Crippen LogP contribution < -0.4 is 0 Å². The molecule has 3 nitrogen and oxygen atoms in total. The Morgan fingerprint density at radius 1 is 1.06 bits per heavy atom. The molecule has 0 radical (unpaired) electrons. The van der Waals surface area contributed by atoms with Crippen molar-refractivity contribution in [3.05, 3.63) is 35.4 Å². The number of aryl methyl sites for hydroxylation is 1. The highest BCUT2D eigenvalue weighted by Gasteiger charge is 2.36. The van der Waals surface area contributed by atoms with Gasteiger partial charge in [-0.25, -0.2) is 0 Å². The zero-order chi connectivity index (χ0) is 12.7. The van der Waals surface area contributed by atoms with E-state index in [-0.39, 0.29) is 0 Å². The van der Waals surface area contributed by atoms with Gasteiger partial charge in [-0.1, -0.05) is 18.1 Å². The van der Waals surface area contributed by atoms with E-state index in [1.54, 1.807) is 21.3 Å². The van der Waals surface area contributed by atoms with E-state index in [0.29, 0.717) is 0 Å². The highest BCUT2D eigenvalue weighted by Crippen LogP contribution is 2.16. The van der Waals surface area contributed by atoms with Gasteiger partial charge in [-0.15, -0.1) is 6.42 Å². The van der Waals surface area contributed by atoms with Gasteiger partial charge in [0.1, 0.15) is 0 Å². The fraction of sp³-hybridized carbons (Fsp3) is 0.385. The Labute approximate surface area is 104 Å². The van der Waals surface area contributed by atoms with Crippen molar-refractivity contribution in [3.8, 4) is 12.3 Å². The minimum atomic E-state index is -2.46. The van der Waals surface area contributed by atoms with E-state index in [2.05, 4.69) is 5.92 Å². The van der Waals surface area contributed by atoms with Crippen molar-refractivity contribution in [2.45, 2.75) is 12.5 Å². The fourth-order valence-electron chi connectivity index (χ4n) is 1.62. The van der Waals surface area contributed by atoms with E-state index in [9.17, 15) is 0 Å². The summed E-state index contributed by atoms with van der Waals surface area (Å²) in [6.45, 7) is 0. The summed E-state index contributed by atoms with van der Waals surface area (Å²) < 4.78 is 16.1. The average molecular weight is 250 g/mol. The van der Waals surface area contributed by atoms with Crippen LogP contribution in [-0.4, -0.2) is 30.1 Å². The van der Waals surface area contributed by atoms with Crippen LogP contribution in [0.15, 0.2) is 24.3 Å². The van der Waals surface area contributed by atoms with Crippen LogP contribution in [0.3, 0.4) is 0 Å². The predicted octanol–water partition coefficient (Wildman–Crippen LogP) is 2.09. The first kappa shape index (κ1) is 13.9. The lowest BCUT2D eigenvalue weighted by Gasteiger charge is -2.24. The normalized spacial score (nSPS) is 11.2. The summed E-state index contributed by atoms with van der Waals surface area (Å²) in [5.41, 5.74) is 2.09. The molecule has 0 amide bonds. The summed E-state index contributed by atoms with van der Waals surface area (Å²) in [5.74, 6) is 2.59. The molecule has 0 aliphatic rings. The van der Waals surface area contributed by atoms with Crippen LogP contribution in [0.1, 0.15) is 11.1 Å². The summed E-state index contributed by atoms with van der Waals surface area (Å²) in [5, 5.41) is 0. The van der Waals surface area contributed by atoms with E-state index < -0.39 is 8.80 Å². The first-order chi connectivity index (χ1) is 8.19. The largest absolute Gasteiger partial charge is 0.500 e. The third-order valence-corrected chi connectivity index (χ3v) is 5.50. The Morgan fingerprint density at radius 3 is 2.00 bits per heavy atom. The molecule has 0 fully saturated rings. The molecule has 92 valence electrons. The smallest absolute Gasteiger partial charge is 0.377 e. The molecular weight excluding hydrogens is 232 g/mol. The average Bonchev–Trinajstić information content (AvgIpc) is 2.41. The van der Waals surface area contributed by atoms with Gasteiger partial charge in [0.2, 0.25) is 0 Å². The third-order valence-electron chi connectivity index (χ3n) is 2.77. The van der Waals surface area contributed by atoms with Crippen molar-refractivity contribution in [2.75, 3.05) is 21.3 Å². The summed E-state index contributed by atoms with van der Waals surface area (Å²) in [7, 11) is 2.41. The maximum atomic E-state index is 5.36. The van der Waals surface area contributed by atoms with Crippen LogP contribution in [0, 0.1) is 12.3 Å². The van der Waals surface area contributed by atoms with Crippen LogP contribution >= 0.6 is 0 Å². The number of benzene rings is 1. The molecule has 0 unspecified atom stereocenters. The molecule has 0 atom stereocenters. The summed E-state index contributed by atoms with van der Waals surface area (Å²) in [6, 6.07) is 8.67. The lowest BCUT2D eigenvalue weighted by atomic mass is 10.1. The molecule has 0 aromatic heterocycles. The van der Waals surface area contributed by atoms with Gasteiger partial charge in [0, 0.05) is 32.9 Å². The molecule has 0 heterocycles. The summed E-state index contributed by atoms with van der Waals surface area (Å²) >= 11 is 0. The zero-order valence-electron chi connectivity index (χ0n) is 10.5. The first-order valence-electron chi connectivity index (χ1n) is 5.40. The van der Waals surface area contributed by atoms with Gasteiger partial charge in [0.15, 0.2) is 0 Å². The van der Waals surface area contributed by atoms with E-state index in [1.165, 1.54) is 5.56 Å². The molecular formula is C13H18O3Si. The van der Waals surface area contributed by atoms with Gasteiger partial charge in [0.25, 0.3) is 0 Å². The van der Waals surface area contributed by atoms with Crippen LogP contribution in [-0.2, 0) is 19.7 Å². The molecule has 0 bridgehead atoms. The molecule has 0 aliphatic heterocycles. The van der Waals surface area contributed by atoms with Gasteiger partial charge >= 0.3 is 8.80 Å². The van der Waals surface area contributed by atoms with Crippen LogP contribution in [0.4, 0.5) is 0 Å². The number of hydrogen-bond donors (Lipinski definition) is 0. The summed E-state index contributed by atoms with van der Waals surface area (Å²) in [4.78, 5) is 0. The standard InChI is InChI=1S/C13H18O3Si/c1-5-12-6-8-13(9-7-12)10-11-17(14-2,15-3)16-4/h1,6-9H,10-11H2,2-4H3. The minimum Gasteiger partial charge on any atom is -0.377 e. The van der Waals surface area contributed by atoms with Crippen LogP contribution in [0.5, 0.6) is 0 Å². The Bertz CT molecular complexity index is 368. The Kier molecular flexibility index (Phi) is 5.39. The Morgan fingerprint density at radius 2 is 1.59 bits per heavy atom. The maximum Gasteiger partial charge on any atom is 0.500 e.